The normalized spacial score (nSPS) is 19.0. The number of fused-ring (bicyclic) bond motifs is 2. The average molecular weight is 515 g/mol. The van der Waals surface area contributed by atoms with Gasteiger partial charge in [0.15, 0.2) is 5.69 Å². The molecule has 9 heteroatoms. The molecule has 0 saturated heterocycles. The second-order valence-corrected chi connectivity index (χ2v) is 10.3. The molecule has 9 nitrogen and oxygen atoms in total. The highest BCUT2D eigenvalue weighted by Crippen LogP contribution is 2.26. The summed E-state index contributed by atoms with van der Waals surface area (Å²) in [5, 5.41) is 10.3. The Morgan fingerprint density at radius 2 is 1.76 bits per heavy atom. The number of benzene rings is 2. The van der Waals surface area contributed by atoms with Gasteiger partial charge in [-0.25, -0.2) is 0 Å². The summed E-state index contributed by atoms with van der Waals surface area (Å²) in [6.07, 6.45) is 1.87. The second kappa shape index (κ2) is 10.8. The van der Waals surface area contributed by atoms with E-state index in [9.17, 15) is 14.4 Å². The number of carbonyl (C=O) groups is 3. The van der Waals surface area contributed by atoms with E-state index < -0.39 is 5.54 Å². The lowest BCUT2D eigenvalue weighted by Crippen LogP contribution is -2.62. The third-order valence-electron chi connectivity index (χ3n) is 7.67. The Morgan fingerprint density at radius 1 is 1.03 bits per heavy atom. The fourth-order valence-corrected chi connectivity index (χ4v) is 5.15. The van der Waals surface area contributed by atoms with Gasteiger partial charge in [0, 0.05) is 45.8 Å². The summed E-state index contributed by atoms with van der Waals surface area (Å²) >= 11 is 0. The fourth-order valence-electron chi connectivity index (χ4n) is 5.15. The molecule has 3 aromatic rings. The second-order valence-electron chi connectivity index (χ2n) is 10.3. The minimum atomic E-state index is -1.13. The molecule has 38 heavy (non-hydrogen) atoms. The van der Waals surface area contributed by atoms with Gasteiger partial charge < -0.3 is 15.5 Å². The molecule has 3 amide bonds. The molecule has 2 aliphatic heterocycles. The Balaban J connectivity index is 1.15. The zero-order valence-electron chi connectivity index (χ0n) is 21.9. The van der Waals surface area contributed by atoms with E-state index >= 15 is 0 Å². The minimum Gasteiger partial charge on any atom is -0.351 e. The molecule has 0 unspecified atom stereocenters. The number of aromatic nitrogens is 2. The number of nitrogens with one attached hydrogen (secondary N) is 2. The summed E-state index contributed by atoms with van der Waals surface area (Å²) in [5.41, 5.74) is 3.12. The molecular weight excluding hydrogens is 480 g/mol. The van der Waals surface area contributed by atoms with Crippen molar-refractivity contribution in [3.8, 4) is 0 Å². The van der Waals surface area contributed by atoms with Crippen molar-refractivity contribution in [1.82, 2.24) is 30.2 Å². The smallest absolute Gasteiger partial charge is 0.272 e. The van der Waals surface area contributed by atoms with E-state index in [4.69, 9.17) is 0 Å². The first-order valence-electron chi connectivity index (χ1n) is 13.1. The molecule has 3 heterocycles. The fraction of sp³-hybridized carbons (Fsp3) is 0.379. The summed E-state index contributed by atoms with van der Waals surface area (Å²) in [6.45, 7) is 5.61. The van der Waals surface area contributed by atoms with Crippen LogP contribution in [0.1, 0.15) is 51.0 Å². The molecular formula is C29H34N6O3. The highest BCUT2D eigenvalue weighted by molar-refractivity contribution is 6.01. The molecule has 0 aliphatic carbocycles. The standard InChI is InChI=1S/C29H34N6O3/c1-29(28(38)31-18-21-9-4-3-5-10-21)20-35-25(27(37)33(29)2)17-24(32-35)26(36)30-14-8-15-34-16-13-22-11-6-7-12-23(22)19-34/h3-7,9-12,17H,8,13-16,18-20H2,1-2H3,(H,30,36)(H,31,38)/t29-/m1/s1. The number of hydrogen-bond acceptors (Lipinski definition) is 5. The number of hydrogen-bond donors (Lipinski definition) is 2. The van der Waals surface area contributed by atoms with Crippen LogP contribution in [0.4, 0.5) is 0 Å². The van der Waals surface area contributed by atoms with Crippen molar-refractivity contribution in [1.29, 1.82) is 0 Å². The highest BCUT2D eigenvalue weighted by atomic mass is 16.2. The van der Waals surface area contributed by atoms with Gasteiger partial charge in [-0.3, -0.25) is 24.0 Å². The summed E-state index contributed by atoms with van der Waals surface area (Å²) < 4.78 is 1.48. The van der Waals surface area contributed by atoms with Crippen LogP contribution in [0.15, 0.2) is 60.7 Å². The zero-order valence-corrected chi connectivity index (χ0v) is 21.9. The quantitative estimate of drug-likeness (QED) is 0.449. The van der Waals surface area contributed by atoms with Crippen LogP contribution in [0.2, 0.25) is 0 Å². The number of nitrogens with zero attached hydrogens (tertiary/aromatic N) is 4. The molecule has 2 N–H and O–H groups in total. The van der Waals surface area contributed by atoms with Crippen LogP contribution in [0.5, 0.6) is 0 Å². The Morgan fingerprint density at radius 3 is 2.55 bits per heavy atom. The van der Waals surface area contributed by atoms with Crippen LogP contribution in [0, 0.1) is 0 Å². The molecule has 1 aromatic heterocycles. The molecule has 0 fully saturated rings. The Kier molecular flexibility index (Phi) is 7.28. The summed E-state index contributed by atoms with van der Waals surface area (Å²) in [6, 6.07) is 19.7. The van der Waals surface area contributed by atoms with Crippen LogP contribution in [-0.2, 0) is 30.8 Å². The van der Waals surface area contributed by atoms with Crippen LogP contribution < -0.4 is 10.6 Å². The molecule has 2 aromatic carbocycles. The van der Waals surface area contributed by atoms with E-state index in [0.717, 1.165) is 38.0 Å². The number of likely N-dealkylation sites (N-methyl/N-ethyl adjacent to an activating group) is 1. The van der Waals surface area contributed by atoms with Gasteiger partial charge in [0.1, 0.15) is 11.2 Å². The van der Waals surface area contributed by atoms with Crippen LogP contribution in [-0.4, -0.2) is 69.5 Å². The minimum absolute atomic E-state index is 0.162. The first kappa shape index (κ1) is 25.7. The molecule has 0 saturated carbocycles. The van der Waals surface area contributed by atoms with Gasteiger partial charge in [-0.2, -0.15) is 5.10 Å². The molecule has 1 atom stereocenters. The predicted molar refractivity (Wildman–Crippen MR) is 143 cm³/mol. The topological polar surface area (TPSA) is 99.6 Å². The van der Waals surface area contributed by atoms with Crippen molar-refractivity contribution in [2.75, 3.05) is 26.7 Å². The summed E-state index contributed by atoms with van der Waals surface area (Å²) in [5.74, 6) is -0.934. The van der Waals surface area contributed by atoms with E-state index in [1.807, 2.05) is 30.3 Å². The largest absolute Gasteiger partial charge is 0.351 e. The van der Waals surface area contributed by atoms with E-state index in [0.29, 0.717) is 18.8 Å². The van der Waals surface area contributed by atoms with Gasteiger partial charge in [0.05, 0.1) is 6.54 Å². The zero-order chi connectivity index (χ0) is 26.7. The monoisotopic (exact) mass is 514 g/mol. The number of amides is 3. The summed E-state index contributed by atoms with van der Waals surface area (Å²) in [4.78, 5) is 42.9. The third kappa shape index (κ3) is 5.19. The number of rotatable bonds is 8. The molecule has 0 spiro atoms. The van der Waals surface area contributed by atoms with Crippen LogP contribution in [0.25, 0.3) is 0 Å². The van der Waals surface area contributed by atoms with Crippen LogP contribution >= 0.6 is 0 Å². The maximum Gasteiger partial charge on any atom is 0.272 e. The lowest BCUT2D eigenvalue weighted by atomic mass is 9.96. The van der Waals surface area contributed by atoms with Crippen molar-refractivity contribution >= 4 is 17.7 Å². The first-order chi connectivity index (χ1) is 18.3. The van der Waals surface area contributed by atoms with Crippen molar-refractivity contribution in [3.63, 3.8) is 0 Å². The highest BCUT2D eigenvalue weighted by Gasteiger charge is 2.46. The molecule has 0 radical (unpaired) electrons. The van der Waals surface area contributed by atoms with Gasteiger partial charge in [-0.1, -0.05) is 54.6 Å². The Bertz CT molecular complexity index is 1340. The SMILES string of the molecule is CN1C(=O)c2cc(C(=O)NCCCN3CCc4ccccc4C3)nn2C[C@]1(C)C(=O)NCc1ccccc1. The van der Waals surface area contributed by atoms with Crippen molar-refractivity contribution in [3.05, 3.63) is 88.7 Å². The maximum atomic E-state index is 13.1. The van der Waals surface area contributed by atoms with Gasteiger partial charge >= 0.3 is 0 Å². The Hall–Kier alpha value is -3.98. The van der Waals surface area contributed by atoms with Crippen molar-refractivity contribution < 1.29 is 14.4 Å². The lowest BCUT2D eigenvalue weighted by molar-refractivity contribution is -0.132. The molecule has 5 rings (SSSR count). The maximum absolute atomic E-state index is 13.1. The van der Waals surface area contributed by atoms with E-state index in [1.165, 1.54) is 26.8 Å². The third-order valence-corrected chi connectivity index (χ3v) is 7.67. The Labute approximate surface area is 222 Å². The average Bonchev–Trinajstić information content (AvgIpc) is 3.37. The van der Waals surface area contributed by atoms with Crippen molar-refractivity contribution in [2.45, 2.75) is 44.9 Å². The lowest BCUT2D eigenvalue weighted by Gasteiger charge is -2.40. The van der Waals surface area contributed by atoms with Gasteiger partial charge in [0.2, 0.25) is 5.91 Å². The molecule has 0 bridgehead atoms. The predicted octanol–water partition coefficient (Wildman–Crippen LogP) is 2.22. The van der Waals surface area contributed by atoms with E-state index in [-0.39, 0.29) is 30.0 Å². The van der Waals surface area contributed by atoms with Gasteiger partial charge in [-0.15, -0.1) is 0 Å². The van der Waals surface area contributed by atoms with E-state index in [2.05, 4.69) is 44.9 Å². The van der Waals surface area contributed by atoms with E-state index in [1.54, 1.807) is 14.0 Å². The van der Waals surface area contributed by atoms with Gasteiger partial charge in [0.25, 0.3) is 11.8 Å². The van der Waals surface area contributed by atoms with Crippen molar-refractivity contribution in [2.24, 2.45) is 0 Å². The van der Waals surface area contributed by atoms with Gasteiger partial charge in [-0.05, 0) is 36.5 Å². The van der Waals surface area contributed by atoms with Crippen LogP contribution in [0.3, 0.4) is 0 Å². The summed E-state index contributed by atoms with van der Waals surface area (Å²) in [7, 11) is 1.61. The molecule has 198 valence electrons. The first-order valence-corrected chi connectivity index (χ1v) is 13.1. The molecule has 2 aliphatic rings. The number of carbonyl (C=O) groups excluding carboxylic acids is 3.